The van der Waals surface area contributed by atoms with Gasteiger partial charge in [0.15, 0.2) is 0 Å². The van der Waals surface area contributed by atoms with Gasteiger partial charge in [-0.15, -0.1) is 0 Å². The number of urea groups is 2. The van der Waals surface area contributed by atoms with Crippen LogP contribution in [-0.2, 0) is 23.4 Å². The quantitative estimate of drug-likeness (QED) is 0.233. The van der Waals surface area contributed by atoms with Crippen LogP contribution in [0.2, 0.25) is 0 Å². The molecule has 6 N–H and O–H groups in total. The predicted molar refractivity (Wildman–Crippen MR) is 115 cm³/mol. The molecule has 0 radical (unpaired) electrons. The normalized spacial score (nSPS) is 22.8. The minimum absolute atomic E-state index is 0.0196. The number of hydrogen-bond donors (Lipinski definition) is 5. The number of methoxy groups -OCH3 is 1. The van der Waals surface area contributed by atoms with Crippen molar-refractivity contribution in [3.05, 3.63) is 30.3 Å². The first-order valence-corrected chi connectivity index (χ1v) is 11.6. The van der Waals surface area contributed by atoms with E-state index in [2.05, 4.69) is 10.4 Å². The molecule has 33 heavy (non-hydrogen) atoms. The maximum Gasteiger partial charge on any atom is 0.459 e. The first-order chi connectivity index (χ1) is 15.5. The summed E-state index contributed by atoms with van der Waals surface area (Å²) in [5, 5.41) is 17.0. The van der Waals surface area contributed by atoms with Gasteiger partial charge < -0.3 is 30.2 Å². The molecule has 14 heteroatoms. The summed E-state index contributed by atoms with van der Waals surface area (Å²) in [5.41, 5.74) is 4.87. The number of rotatable bonds is 10. The summed E-state index contributed by atoms with van der Waals surface area (Å²) in [4.78, 5) is 34.5. The molecule has 0 saturated carbocycles. The highest BCUT2D eigenvalue weighted by Crippen LogP contribution is 2.46. The number of ether oxygens (including phenoxy) is 2. The number of hydrogen-bond acceptors (Lipinski definition) is 9. The van der Waals surface area contributed by atoms with Crippen molar-refractivity contribution in [1.29, 1.82) is 0 Å². The summed E-state index contributed by atoms with van der Waals surface area (Å²) in [5.74, 6) is -0.761. The summed E-state index contributed by atoms with van der Waals surface area (Å²) in [7, 11) is -2.96. The summed E-state index contributed by atoms with van der Waals surface area (Å²) >= 11 is 0. The molecule has 1 saturated heterocycles. The van der Waals surface area contributed by atoms with Gasteiger partial charge in [-0.05, 0) is 18.1 Å². The minimum Gasteiger partial charge on any atom is -0.468 e. The second-order valence-electron chi connectivity index (χ2n) is 7.50. The van der Waals surface area contributed by atoms with E-state index in [-0.39, 0.29) is 18.1 Å². The number of nitrogens with two attached hydrogens (primary N) is 1. The van der Waals surface area contributed by atoms with Crippen LogP contribution >= 0.6 is 7.75 Å². The Morgan fingerprint density at radius 1 is 1.27 bits per heavy atom. The van der Waals surface area contributed by atoms with Crippen LogP contribution in [0.3, 0.4) is 0 Å². The van der Waals surface area contributed by atoms with Gasteiger partial charge in [0.1, 0.15) is 24.1 Å². The Kier molecular flexibility index (Phi) is 9.62. The molecular formula is C19H29N4O9P. The van der Waals surface area contributed by atoms with Gasteiger partial charge in [0.05, 0.1) is 19.8 Å². The maximum absolute atomic E-state index is 13.5. The number of nitrogens with one attached hydrogen (secondary N) is 3. The van der Waals surface area contributed by atoms with Crippen molar-refractivity contribution >= 4 is 25.8 Å². The number of primary amides is 1. The summed E-state index contributed by atoms with van der Waals surface area (Å²) in [6.07, 6.45) is -3.05. The number of aliphatic hydroxyl groups is 1. The lowest BCUT2D eigenvalue weighted by Gasteiger charge is -2.27. The molecule has 4 amide bonds. The second-order valence-corrected chi connectivity index (χ2v) is 9.19. The van der Waals surface area contributed by atoms with E-state index in [1.807, 2.05) is 5.32 Å². The number of carbonyl (C=O) groups is 3. The van der Waals surface area contributed by atoms with Crippen molar-refractivity contribution < 1.29 is 42.6 Å². The van der Waals surface area contributed by atoms with Gasteiger partial charge in [0.25, 0.3) is 0 Å². The molecule has 0 aliphatic carbocycles. The topological polar surface area (TPSA) is 188 Å². The van der Waals surface area contributed by atoms with E-state index in [4.69, 9.17) is 24.3 Å². The van der Waals surface area contributed by atoms with Crippen LogP contribution in [0.4, 0.5) is 9.59 Å². The lowest BCUT2D eigenvalue weighted by molar-refractivity contribution is -0.143. The Morgan fingerprint density at radius 2 is 1.94 bits per heavy atom. The van der Waals surface area contributed by atoms with Gasteiger partial charge in [0, 0.05) is 6.42 Å². The molecule has 1 fully saturated rings. The Labute approximate surface area is 190 Å². The highest BCUT2D eigenvalue weighted by Gasteiger charge is 2.40. The number of benzene rings is 1. The molecule has 5 atom stereocenters. The molecule has 0 aromatic heterocycles. The van der Waals surface area contributed by atoms with Gasteiger partial charge in [-0.1, -0.05) is 32.0 Å². The SMILES string of the molecule is COC(=O)[C@@H](NP(=O)(OC[C@H]1O[C@@H](NC(=O)NC(N)=O)C[C@@H]1O)Oc1ccccc1)C(C)C. The van der Waals surface area contributed by atoms with Gasteiger partial charge in [-0.3, -0.25) is 14.6 Å². The summed E-state index contributed by atoms with van der Waals surface area (Å²) < 4.78 is 34.9. The molecule has 1 heterocycles. The zero-order chi connectivity index (χ0) is 24.6. The fourth-order valence-corrected chi connectivity index (χ4v) is 4.59. The van der Waals surface area contributed by atoms with Crippen LogP contribution in [0, 0.1) is 5.92 Å². The molecule has 0 spiro atoms. The molecule has 1 aromatic carbocycles. The number of imide groups is 1. The monoisotopic (exact) mass is 488 g/mol. The van der Waals surface area contributed by atoms with E-state index >= 15 is 0 Å². The average Bonchev–Trinajstić information content (AvgIpc) is 3.08. The van der Waals surface area contributed by atoms with Crippen molar-refractivity contribution in [1.82, 2.24) is 15.7 Å². The Hall–Kier alpha value is -2.70. The number of esters is 1. The van der Waals surface area contributed by atoms with Crippen LogP contribution in [0.25, 0.3) is 0 Å². The first-order valence-electron chi connectivity index (χ1n) is 10.1. The highest BCUT2D eigenvalue weighted by atomic mass is 31.2. The minimum atomic E-state index is -4.17. The standard InChI is InChI=1S/C19H29N4O9P/c1-11(2)16(17(25)29-3)23-33(28,32-12-7-5-4-6-8-12)30-10-14-13(24)9-15(31-14)21-19(27)22-18(20)26/h4-8,11,13-16,24H,9-10H2,1-3H3,(H,23,28)(H4,20,21,22,26,27)/t13-,14+,15+,16-,33?/m0/s1. The molecule has 1 aliphatic heterocycles. The molecule has 0 bridgehead atoms. The van der Waals surface area contributed by atoms with Crippen molar-refractivity contribution in [3.63, 3.8) is 0 Å². The van der Waals surface area contributed by atoms with Gasteiger partial charge in [0.2, 0.25) is 0 Å². The lowest BCUT2D eigenvalue weighted by Crippen LogP contribution is -2.46. The molecule has 1 unspecified atom stereocenters. The van der Waals surface area contributed by atoms with E-state index in [0.29, 0.717) is 0 Å². The molecule has 2 rings (SSSR count). The van der Waals surface area contributed by atoms with Gasteiger partial charge in [-0.25, -0.2) is 14.2 Å². The fourth-order valence-electron chi connectivity index (χ4n) is 2.92. The summed E-state index contributed by atoms with van der Waals surface area (Å²) in [6, 6.07) is 5.21. The number of carbonyl (C=O) groups excluding carboxylic acids is 3. The van der Waals surface area contributed by atoms with Crippen molar-refractivity contribution in [2.45, 2.75) is 44.7 Å². The molecule has 184 valence electrons. The van der Waals surface area contributed by atoms with Crippen molar-refractivity contribution in [3.8, 4) is 5.75 Å². The van der Waals surface area contributed by atoms with E-state index in [0.717, 1.165) is 0 Å². The van der Waals surface area contributed by atoms with Crippen LogP contribution in [0.5, 0.6) is 5.75 Å². The maximum atomic E-state index is 13.5. The molecular weight excluding hydrogens is 459 g/mol. The number of aliphatic hydroxyl groups excluding tert-OH is 1. The number of amides is 4. The van der Waals surface area contributed by atoms with E-state index in [1.165, 1.54) is 7.11 Å². The predicted octanol–water partition coefficient (Wildman–Crippen LogP) is 0.831. The third kappa shape index (κ3) is 8.30. The zero-order valence-electron chi connectivity index (χ0n) is 18.4. The first kappa shape index (κ1) is 26.6. The molecule has 13 nitrogen and oxygen atoms in total. The summed E-state index contributed by atoms with van der Waals surface area (Å²) in [6.45, 7) is 3.04. The number of para-hydroxylation sites is 1. The Balaban J connectivity index is 2.09. The Morgan fingerprint density at radius 3 is 2.52 bits per heavy atom. The van der Waals surface area contributed by atoms with Crippen molar-refractivity contribution in [2.75, 3.05) is 13.7 Å². The van der Waals surface area contributed by atoms with E-state index in [1.54, 1.807) is 44.2 Å². The molecule has 1 aromatic rings. The van der Waals surface area contributed by atoms with Gasteiger partial charge >= 0.3 is 25.8 Å². The van der Waals surface area contributed by atoms with Crippen LogP contribution in [-0.4, -0.2) is 61.3 Å². The third-order valence-electron chi connectivity index (χ3n) is 4.55. The van der Waals surface area contributed by atoms with Crippen LogP contribution < -0.4 is 26.0 Å². The lowest BCUT2D eigenvalue weighted by atomic mass is 10.1. The van der Waals surface area contributed by atoms with E-state index in [9.17, 15) is 24.1 Å². The van der Waals surface area contributed by atoms with Crippen LogP contribution in [0.15, 0.2) is 30.3 Å². The fraction of sp³-hybridized carbons (Fsp3) is 0.526. The third-order valence-corrected chi connectivity index (χ3v) is 6.08. The molecule has 1 aliphatic rings. The second kappa shape index (κ2) is 12.0. The smallest absolute Gasteiger partial charge is 0.459 e. The van der Waals surface area contributed by atoms with Crippen LogP contribution in [0.1, 0.15) is 20.3 Å². The largest absolute Gasteiger partial charge is 0.468 e. The zero-order valence-corrected chi connectivity index (χ0v) is 19.3. The highest BCUT2D eigenvalue weighted by molar-refractivity contribution is 7.52. The Bertz CT molecular complexity index is 870. The van der Waals surface area contributed by atoms with E-state index < -0.39 is 56.9 Å². The average molecular weight is 488 g/mol. The van der Waals surface area contributed by atoms with Crippen molar-refractivity contribution in [2.24, 2.45) is 11.7 Å². The van der Waals surface area contributed by atoms with Gasteiger partial charge in [-0.2, -0.15) is 5.09 Å².